The minimum atomic E-state index is 0.418. The summed E-state index contributed by atoms with van der Waals surface area (Å²) in [6.07, 6.45) is 7.67. The first-order chi connectivity index (χ1) is 8.75. The molecule has 1 unspecified atom stereocenters. The molecule has 2 heteroatoms. The Morgan fingerprint density at radius 2 is 2.00 bits per heavy atom. The number of hydrogen-bond donors (Lipinski definition) is 1. The molecule has 18 heavy (non-hydrogen) atoms. The van der Waals surface area contributed by atoms with Gasteiger partial charge in [0, 0.05) is 6.61 Å². The predicted octanol–water partition coefficient (Wildman–Crippen LogP) is 3.92. The summed E-state index contributed by atoms with van der Waals surface area (Å²) in [6, 6.07) is 7.62. The van der Waals surface area contributed by atoms with Gasteiger partial charge in [-0.25, -0.2) is 0 Å². The van der Waals surface area contributed by atoms with Crippen molar-refractivity contribution in [2.24, 2.45) is 5.92 Å². The average molecular weight is 248 g/mol. The van der Waals surface area contributed by atoms with Gasteiger partial charge in [-0.3, -0.25) is 0 Å². The summed E-state index contributed by atoms with van der Waals surface area (Å²) in [6.45, 7) is 3.09. The van der Waals surface area contributed by atoms with E-state index in [4.69, 9.17) is 4.74 Å². The smallest absolute Gasteiger partial charge is 0.118 e. The Morgan fingerprint density at radius 3 is 2.72 bits per heavy atom. The second-order valence-electron chi connectivity index (χ2n) is 5.50. The van der Waals surface area contributed by atoms with Crippen LogP contribution < -0.4 is 0 Å². The maximum atomic E-state index is 9.73. The molecule has 1 N–H and O–H groups in total. The van der Waals surface area contributed by atoms with Gasteiger partial charge in [0.2, 0.25) is 0 Å². The largest absolute Gasteiger partial charge is 0.508 e. The number of ether oxygens (including phenoxy) is 1. The number of para-hydroxylation sites is 1. The van der Waals surface area contributed by atoms with Crippen molar-refractivity contribution in [3.05, 3.63) is 29.8 Å². The van der Waals surface area contributed by atoms with Crippen molar-refractivity contribution < 1.29 is 9.84 Å². The fourth-order valence-electron chi connectivity index (χ4n) is 2.65. The molecule has 0 bridgehead atoms. The Morgan fingerprint density at radius 1 is 1.28 bits per heavy atom. The number of rotatable bonds is 6. The summed E-state index contributed by atoms with van der Waals surface area (Å²) in [7, 11) is 0. The van der Waals surface area contributed by atoms with Gasteiger partial charge in [0.1, 0.15) is 5.75 Å². The molecule has 0 aromatic heterocycles. The molecule has 0 radical (unpaired) electrons. The summed E-state index contributed by atoms with van der Waals surface area (Å²) in [5.74, 6) is 0.973. The summed E-state index contributed by atoms with van der Waals surface area (Å²) in [4.78, 5) is 0. The number of aromatic hydroxyl groups is 1. The Bertz CT molecular complexity index is 356. The Hall–Kier alpha value is -1.02. The zero-order chi connectivity index (χ0) is 12.8. The molecule has 0 heterocycles. The van der Waals surface area contributed by atoms with Crippen molar-refractivity contribution in [3.63, 3.8) is 0 Å². The van der Waals surface area contributed by atoms with Gasteiger partial charge in [-0.1, -0.05) is 38.0 Å². The average Bonchev–Trinajstić information content (AvgIpc) is 2.85. The highest BCUT2D eigenvalue weighted by Crippen LogP contribution is 2.23. The van der Waals surface area contributed by atoms with Gasteiger partial charge in [0.05, 0.1) is 6.10 Å². The third-order valence-electron chi connectivity index (χ3n) is 3.83. The first-order valence-corrected chi connectivity index (χ1v) is 7.14. The van der Waals surface area contributed by atoms with E-state index in [0.717, 1.165) is 25.0 Å². The van der Waals surface area contributed by atoms with Gasteiger partial charge in [0.15, 0.2) is 0 Å². The first-order valence-electron chi connectivity index (χ1n) is 7.14. The van der Waals surface area contributed by atoms with Gasteiger partial charge >= 0.3 is 0 Å². The molecule has 1 fully saturated rings. The monoisotopic (exact) mass is 248 g/mol. The summed E-state index contributed by atoms with van der Waals surface area (Å²) < 4.78 is 5.88. The van der Waals surface area contributed by atoms with Gasteiger partial charge in [0.25, 0.3) is 0 Å². The van der Waals surface area contributed by atoms with Gasteiger partial charge in [-0.15, -0.1) is 0 Å². The van der Waals surface area contributed by atoms with E-state index >= 15 is 0 Å². The van der Waals surface area contributed by atoms with Crippen molar-refractivity contribution in [2.75, 3.05) is 6.61 Å². The van der Waals surface area contributed by atoms with Crippen molar-refractivity contribution in [1.29, 1.82) is 0 Å². The van der Waals surface area contributed by atoms with Crippen molar-refractivity contribution in [1.82, 2.24) is 0 Å². The molecule has 1 aromatic rings. The van der Waals surface area contributed by atoms with Crippen LogP contribution in [0.1, 0.15) is 44.6 Å². The van der Waals surface area contributed by atoms with E-state index in [1.165, 1.54) is 25.7 Å². The molecule has 2 nitrogen and oxygen atoms in total. The minimum absolute atomic E-state index is 0.418. The maximum Gasteiger partial charge on any atom is 0.118 e. The summed E-state index contributed by atoms with van der Waals surface area (Å²) in [5, 5.41) is 9.73. The molecule has 1 atom stereocenters. The quantitative estimate of drug-likeness (QED) is 0.826. The third kappa shape index (κ3) is 4.02. The van der Waals surface area contributed by atoms with E-state index in [1.54, 1.807) is 6.07 Å². The van der Waals surface area contributed by atoms with Crippen LogP contribution in [0.2, 0.25) is 0 Å². The van der Waals surface area contributed by atoms with E-state index < -0.39 is 0 Å². The standard InChI is InChI=1S/C16H24O2/c1-13(10-11-18-15-7-3-4-8-15)12-14-6-2-5-9-16(14)17/h2,5-6,9,13,15,17H,3-4,7-8,10-12H2,1H3. The van der Waals surface area contributed by atoms with Crippen molar-refractivity contribution in [3.8, 4) is 5.75 Å². The van der Waals surface area contributed by atoms with Gasteiger partial charge in [-0.05, 0) is 43.2 Å². The zero-order valence-electron chi connectivity index (χ0n) is 11.3. The lowest BCUT2D eigenvalue weighted by Crippen LogP contribution is -2.11. The normalized spacial score (nSPS) is 18.1. The molecule has 1 saturated carbocycles. The second kappa shape index (κ2) is 6.79. The number of phenolic OH excluding ortho intramolecular Hbond substituents is 1. The zero-order valence-corrected chi connectivity index (χ0v) is 11.3. The molecule has 0 spiro atoms. The highest BCUT2D eigenvalue weighted by atomic mass is 16.5. The third-order valence-corrected chi connectivity index (χ3v) is 3.83. The Kier molecular flexibility index (Phi) is 5.06. The van der Waals surface area contributed by atoms with Gasteiger partial charge < -0.3 is 9.84 Å². The molecular formula is C16H24O2. The molecule has 0 amide bonds. The SMILES string of the molecule is CC(CCOC1CCCC1)Cc1ccccc1O. The van der Waals surface area contributed by atoms with Crippen LogP contribution in [0, 0.1) is 5.92 Å². The first kappa shape index (κ1) is 13.4. The Balaban J connectivity index is 1.68. The summed E-state index contributed by atoms with van der Waals surface area (Å²) >= 11 is 0. The predicted molar refractivity (Wildman–Crippen MR) is 73.8 cm³/mol. The van der Waals surface area contributed by atoms with Crippen LogP contribution >= 0.6 is 0 Å². The molecule has 0 saturated heterocycles. The van der Waals surface area contributed by atoms with Crippen LogP contribution in [0.25, 0.3) is 0 Å². The summed E-state index contributed by atoms with van der Waals surface area (Å²) in [5.41, 5.74) is 1.05. The van der Waals surface area contributed by atoms with E-state index in [2.05, 4.69) is 6.92 Å². The van der Waals surface area contributed by atoms with E-state index in [0.29, 0.717) is 17.8 Å². The number of phenols is 1. The molecule has 100 valence electrons. The minimum Gasteiger partial charge on any atom is -0.508 e. The fraction of sp³-hybridized carbons (Fsp3) is 0.625. The highest BCUT2D eigenvalue weighted by Gasteiger charge is 2.15. The molecule has 1 aliphatic carbocycles. The molecular weight excluding hydrogens is 224 g/mol. The van der Waals surface area contributed by atoms with Crippen LogP contribution in [0.3, 0.4) is 0 Å². The van der Waals surface area contributed by atoms with E-state index in [-0.39, 0.29) is 0 Å². The van der Waals surface area contributed by atoms with Crippen LogP contribution in [0.4, 0.5) is 0 Å². The van der Waals surface area contributed by atoms with E-state index in [9.17, 15) is 5.11 Å². The lowest BCUT2D eigenvalue weighted by Gasteiger charge is -2.15. The van der Waals surface area contributed by atoms with Gasteiger partial charge in [-0.2, -0.15) is 0 Å². The van der Waals surface area contributed by atoms with E-state index in [1.807, 2.05) is 18.2 Å². The lowest BCUT2D eigenvalue weighted by atomic mass is 9.98. The van der Waals surface area contributed by atoms with Crippen molar-refractivity contribution in [2.45, 2.75) is 51.6 Å². The lowest BCUT2D eigenvalue weighted by molar-refractivity contribution is 0.0504. The molecule has 2 rings (SSSR count). The maximum absolute atomic E-state index is 9.73. The van der Waals surface area contributed by atoms with Crippen LogP contribution in [0.15, 0.2) is 24.3 Å². The number of hydrogen-bond acceptors (Lipinski definition) is 2. The van der Waals surface area contributed by atoms with Crippen LogP contribution in [0.5, 0.6) is 5.75 Å². The fourth-order valence-corrected chi connectivity index (χ4v) is 2.65. The number of benzene rings is 1. The Labute approximate surface area is 110 Å². The van der Waals surface area contributed by atoms with Crippen LogP contribution in [-0.2, 0) is 11.2 Å². The highest BCUT2D eigenvalue weighted by molar-refractivity contribution is 5.31. The second-order valence-corrected chi connectivity index (χ2v) is 5.50. The van der Waals surface area contributed by atoms with Crippen molar-refractivity contribution >= 4 is 0 Å². The molecule has 0 aliphatic heterocycles. The van der Waals surface area contributed by atoms with Crippen LogP contribution in [-0.4, -0.2) is 17.8 Å². The molecule has 1 aromatic carbocycles. The molecule has 1 aliphatic rings. The topological polar surface area (TPSA) is 29.5 Å².